The Kier molecular flexibility index (Phi) is 7.49. The molecule has 3 N–H and O–H groups in total. The normalized spacial score (nSPS) is 23.5. The molecule has 41 heavy (non-hydrogen) atoms. The third kappa shape index (κ3) is 5.57. The summed E-state index contributed by atoms with van der Waals surface area (Å²) in [5.74, 6) is -1.65. The molecule has 212 valence electrons. The Bertz CT molecular complexity index is 1400. The molecule has 3 aromatic rings. The van der Waals surface area contributed by atoms with E-state index in [1.54, 1.807) is 0 Å². The second kappa shape index (κ2) is 11.4. The minimum atomic E-state index is -1.17. The lowest BCUT2D eigenvalue weighted by atomic mass is 9.96. The van der Waals surface area contributed by atoms with Gasteiger partial charge >= 0.3 is 12.1 Å². The van der Waals surface area contributed by atoms with E-state index in [4.69, 9.17) is 4.74 Å². The van der Waals surface area contributed by atoms with Crippen molar-refractivity contribution in [1.82, 2.24) is 15.5 Å². The molecule has 3 atom stereocenters. The average molecular weight is 554 g/mol. The highest BCUT2D eigenvalue weighted by Crippen LogP contribution is 2.44. The monoisotopic (exact) mass is 553 g/mol. The van der Waals surface area contributed by atoms with Crippen molar-refractivity contribution in [3.8, 4) is 11.1 Å². The van der Waals surface area contributed by atoms with Gasteiger partial charge in [0.25, 0.3) is 0 Å². The fourth-order valence-corrected chi connectivity index (χ4v) is 6.70. The summed E-state index contributed by atoms with van der Waals surface area (Å²) in [6, 6.07) is 26.1. The second-order valence-electron chi connectivity index (χ2n) is 11.5. The van der Waals surface area contributed by atoms with Gasteiger partial charge in [-0.15, -0.1) is 0 Å². The molecule has 0 aromatic heterocycles. The molecule has 0 spiro atoms. The Hall–Kier alpha value is -4.17. The van der Waals surface area contributed by atoms with Gasteiger partial charge in [0.1, 0.15) is 12.1 Å². The molecule has 3 unspecified atom stereocenters. The molecule has 8 nitrogen and oxygen atoms in total. The van der Waals surface area contributed by atoms with E-state index in [1.807, 2.05) is 54.6 Å². The molecule has 0 bridgehead atoms. The summed E-state index contributed by atoms with van der Waals surface area (Å²) < 4.78 is 5.82. The number of aliphatic carboxylic acids is 1. The topological polar surface area (TPSA) is 108 Å². The van der Waals surface area contributed by atoms with Crippen molar-refractivity contribution in [1.29, 1.82) is 0 Å². The Balaban J connectivity index is 1.16. The number of benzene rings is 3. The van der Waals surface area contributed by atoms with Crippen LogP contribution in [0.25, 0.3) is 11.1 Å². The largest absolute Gasteiger partial charge is 0.481 e. The first-order chi connectivity index (χ1) is 19.9. The molecule has 8 heteroatoms. The summed E-state index contributed by atoms with van der Waals surface area (Å²) >= 11 is 0. The highest BCUT2D eigenvalue weighted by atomic mass is 16.5. The lowest BCUT2D eigenvalue weighted by Crippen LogP contribution is -2.61. The lowest BCUT2D eigenvalue weighted by molar-refractivity contribution is -0.141. The third-order valence-corrected chi connectivity index (χ3v) is 8.83. The van der Waals surface area contributed by atoms with E-state index in [1.165, 1.54) is 0 Å². The highest BCUT2D eigenvalue weighted by molar-refractivity contribution is 5.91. The Morgan fingerprint density at radius 1 is 0.902 bits per heavy atom. The number of hydrogen-bond donors (Lipinski definition) is 3. The second-order valence-corrected chi connectivity index (χ2v) is 11.5. The maximum Gasteiger partial charge on any atom is 0.408 e. The summed E-state index contributed by atoms with van der Waals surface area (Å²) in [6.45, 7) is 1.79. The SMILES string of the molecule is O=C(NC1(C(=O)NC2CCC(C(=O)O)C2)CCN(Cc2ccccc2)C1)OCC1c2ccccc2-c2ccccc21. The van der Waals surface area contributed by atoms with E-state index in [-0.39, 0.29) is 24.5 Å². The van der Waals surface area contributed by atoms with Crippen molar-refractivity contribution in [3.63, 3.8) is 0 Å². The smallest absolute Gasteiger partial charge is 0.408 e. The maximum absolute atomic E-state index is 13.8. The molecule has 3 aromatic carbocycles. The number of hydrogen-bond acceptors (Lipinski definition) is 5. The van der Waals surface area contributed by atoms with E-state index in [2.05, 4.69) is 39.8 Å². The molecule has 1 saturated heterocycles. The van der Waals surface area contributed by atoms with Gasteiger partial charge in [0.15, 0.2) is 0 Å². The van der Waals surface area contributed by atoms with Crippen LogP contribution in [0, 0.1) is 5.92 Å². The van der Waals surface area contributed by atoms with Crippen molar-refractivity contribution in [2.75, 3.05) is 19.7 Å². The van der Waals surface area contributed by atoms with E-state index >= 15 is 0 Å². The standard InChI is InChI=1S/C33H35N3O5/c37-30(38)23-14-15-24(18-23)34-31(39)33(16-17-36(21-33)19-22-8-2-1-3-9-22)35-32(40)41-20-29-27-12-6-4-10-25(27)26-11-5-7-13-28(26)29/h1-13,23-24,29H,14-21H2,(H,34,39)(H,35,40)(H,37,38). The van der Waals surface area contributed by atoms with Gasteiger partial charge in [0.05, 0.1) is 5.92 Å². The van der Waals surface area contributed by atoms with E-state index in [0.29, 0.717) is 45.3 Å². The van der Waals surface area contributed by atoms with Crippen LogP contribution in [-0.4, -0.2) is 59.3 Å². The summed E-state index contributed by atoms with van der Waals surface area (Å²) in [5, 5.41) is 15.4. The molecule has 1 saturated carbocycles. The fraction of sp³-hybridized carbons (Fsp3) is 0.364. The van der Waals surface area contributed by atoms with Crippen molar-refractivity contribution in [2.24, 2.45) is 5.92 Å². The summed E-state index contributed by atoms with van der Waals surface area (Å²) in [5.41, 5.74) is 4.51. The summed E-state index contributed by atoms with van der Waals surface area (Å²) in [6.07, 6.45) is 1.35. The van der Waals surface area contributed by atoms with E-state index in [0.717, 1.165) is 27.8 Å². The number of carbonyl (C=O) groups excluding carboxylic acids is 2. The van der Waals surface area contributed by atoms with Gasteiger partial charge in [-0.2, -0.15) is 0 Å². The van der Waals surface area contributed by atoms with Crippen molar-refractivity contribution < 1.29 is 24.2 Å². The molecule has 2 amide bonds. The summed E-state index contributed by atoms with van der Waals surface area (Å²) in [7, 11) is 0. The number of carboxylic acid groups (broad SMARTS) is 1. The van der Waals surface area contributed by atoms with Crippen LogP contribution in [0.2, 0.25) is 0 Å². The van der Waals surface area contributed by atoms with Crippen LogP contribution in [0.1, 0.15) is 48.3 Å². The average Bonchev–Trinajstić information content (AvgIpc) is 3.69. The lowest BCUT2D eigenvalue weighted by Gasteiger charge is -2.31. The number of nitrogens with one attached hydrogen (secondary N) is 2. The molecule has 0 radical (unpaired) electrons. The number of carboxylic acids is 1. The fourth-order valence-electron chi connectivity index (χ4n) is 6.70. The zero-order valence-electron chi connectivity index (χ0n) is 22.9. The van der Waals surface area contributed by atoms with Crippen molar-refractivity contribution >= 4 is 18.0 Å². The van der Waals surface area contributed by atoms with Crippen LogP contribution < -0.4 is 10.6 Å². The van der Waals surface area contributed by atoms with Gasteiger partial charge in [-0.25, -0.2) is 4.79 Å². The van der Waals surface area contributed by atoms with Gasteiger partial charge in [-0.1, -0.05) is 78.9 Å². The minimum Gasteiger partial charge on any atom is -0.481 e. The molecular weight excluding hydrogens is 518 g/mol. The molecule has 2 fully saturated rings. The zero-order valence-corrected chi connectivity index (χ0v) is 22.9. The van der Waals surface area contributed by atoms with Gasteiger partial charge < -0.3 is 20.5 Å². The Morgan fingerprint density at radius 3 is 2.22 bits per heavy atom. The van der Waals surface area contributed by atoms with Gasteiger partial charge in [-0.05, 0) is 53.5 Å². The van der Waals surface area contributed by atoms with E-state index in [9.17, 15) is 19.5 Å². The zero-order chi connectivity index (χ0) is 28.4. The minimum absolute atomic E-state index is 0.0810. The molecule has 3 aliphatic rings. The van der Waals surface area contributed by atoms with Crippen LogP contribution in [-0.2, 0) is 20.9 Å². The first-order valence-corrected chi connectivity index (χ1v) is 14.3. The number of likely N-dealkylation sites (tertiary alicyclic amines) is 1. The number of alkyl carbamates (subject to hydrolysis) is 1. The number of fused-ring (bicyclic) bond motifs is 3. The Morgan fingerprint density at radius 2 is 1.56 bits per heavy atom. The van der Waals surface area contributed by atoms with Crippen LogP contribution in [0.4, 0.5) is 4.79 Å². The van der Waals surface area contributed by atoms with Crippen molar-refractivity contribution in [2.45, 2.75) is 49.7 Å². The molecular formula is C33H35N3O5. The summed E-state index contributed by atoms with van der Waals surface area (Å²) in [4.78, 5) is 40.7. The molecule has 2 aliphatic carbocycles. The predicted octanol–water partition coefficient (Wildman–Crippen LogP) is 4.54. The number of rotatable bonds is 8. The van der Waals surface area contributed by atoms with Crippen LogP contribution in [0.3, 0.4) is 0 Å². The van der Waals surface area contributed by atoms with Crippen LogP contribution in [0.5, 0.6) is 0 Å². The van der Waals surface area contributed by atoms with Gasteiger partial charge in [-0.3, -0.25) is 14.5 Å². The molecule has 1 aliphatic heterocycles. The predicted molar refractivity (Wildman–Crippen MR) is 154 cm³/mol. The van der Waals surface area contributed by atoms with Crippen molar-refractivity contribution in [3.05, 3.63) is 95.6 Å². The highest BCUT2D eigenvalue weighted by Gasteiger charge is 2.47. The maximum atomic E-state index is 13.8. The third-order valence-electron chi connectivity index (χ3n) is 8.83. The van der Waals surface area contributed by atoms with Gasteiger partial charge in [0, 0.05) is 31.6 Å². The Labute approximate surface area is 239 Å². The van der Waals surface area contributed by atoms with Crippen LogP contribution in [0.15, 0.2) is 78.9 Å². The molecule has 6 rings (SSSR count). The number of carbonyl (C=O) groups is 3. The van der Waals surface area contributed by atoms with Crippen LogP contribution >= 0.6 is 0 Å². The number of amides is 2. The van der Waals surface area contributed by atoms with Gasteiger partial charge in [0.2, 0.25) is 5.91 Å². The number of ether oxygens (including phenoxy) is 1. The number of nitrogens with zero attached hydrogens (tertiary/aromatic N) is 1. The van der Waals surface area contributed by atoms with E-state index < -0.39 is 23.5 Å². The molecule has 1 heterocycles. The first kappa shape index (κ1) is 27.0. The quantitative estimate of drug-likeness (QED) is 0.378. The first-order valence-electron chi connectivity index (χ1n) is 14.3.